The van der Waals surface area contributed by atoms with Crippen molar-refractivity contribution < 1.29 is 18.1 Å². The number of ether oxygens (including phenoxy) is 1. The third kappa shape index (κ3) is 5.22. The minimum absolute atomic E-state index is 0.0139. The second-order valence-electron chi connectivity index (χ2n) is 6.42. The molecule has 3 aromatic rings. The highest BCUT2D eigenvalue weighted by Crippen LogP contribution is 2.31. The molecule has 0 aliphatic carbocycles. The van der Waals surface area contributed by atoms with Crippen LogP contribution >= 0.6 is 11.6 Å². The van der Waals surface area contributed by atoms with Gasteiger partial charge in [0.2, 0.25) is 0 Å². The van der Waals surface area contributed by atoms with Gasteiger partial charge in [-0.3, -0.25) is 14.4 Å². The first kappa shape index (κ1) is 22.3. The molecule has 0 unspecified atom stereocenters. The zero-order valence-corrected chi connectivity index (χ0v) is 18.1. The van der Waals surface area contributed by atoms with Crippen molar-refractivity contribution in [2.45, 2.75) is 4.90 Å². The van der Waals surface area contributed by atoms with Gasteiger partial charge in [0.25, 0.3) is 15.7 Å². The largest absolute Gasteiger partial charge is 0.497 e. The van der Waals surface area contributed by atoms with Crippen molar-refractivity contribution in [1.82, 2.24) is 0 Å². The van der Waals surface area contributed by atoms with Crippen LogP contribution in [0.1, 0.15) is 5.56 Å². The molecule has 0 amide bonds. The number of nitro groups is 1. The lowest BCUT2D eigenvalue weighted by Gasteiger charge is -2.23. The molecule has 160 valence electrons. The summed E-state index contributed by atoms with van der Waals surface area (Å²) in [5, 5.41) is 11.1. The summed E-state index contributed by atoms with van der Waals surface area (Å²) in [6, 6.07) is 19.4. The molecule has 0 saturated carbocycles. The molecule has 3 rings (SSSR count). The molecule has 31 heavy (non-hydrogen) atoms. The van der Waals surface area contributed by atoms with Crippen LogP contribution in [0.5, 0.6) is 5.75 Å². The van der Waals surface area contributed by atoms with E-state index in [1.165, 1.54) is 23.5 Å². The van der Waals surface area contributed by atoms with E-state index >= 15 is 0 Å². The maximum atomic E-state index is 13.4. The van der Waals surface area contributed by atoms with E-state index in [2.05, 4.69) is 0 Å². The van der Waals surface area contributed by atoms with E-state index in [0.29, 0.717) is 11.4 Å². The topological polar surface area (TPSA) is 89.8 Å². The van der Waals surface area contributed by atoms with E-state index in [4.69, 9.17) is 16.3 Å². The SMILES string of the molecule is COc1ccc(N(C/C=C/c2ccccc2)S(=O)(=O)c2ccc(Cl)c([N+](=O)[O-])c2)cc1. The molecular formula is C22H19ClN2O5S. The van der Waals surface area contributed by atoms with Gasteiger partial charge in [-0.2, -0.15) is 0 Å². The van der Waals surface area contributed by atoms with Gasteiger partial charge in [0, 0.05) is 6.07 Å². The van der Waals surface area contributed by atoms with Crippen LogP contribution in [0, 0.1) is 10.1 Å². The molecule has 3 aromatic carbocycles. The van der Waals surface area contributed by atoms with E-state index in [-0.39, 0.29) is 16.5 Å². The Morgan fingerprint density at radius 2 is 1.74 bits per heavy atom. The number of hydrogen-bond donors (Lipinski definition) is 0. The van der Waals surface area contributed by atoms with Gasteiger partial charge in [0.1, 0.15) is 10.8 Å². The maximum absolute atomic E-state index is 13.4. The molecule has 0 spiro atoms. The first-order chi connectivity index (χ1) is 14.8. The van der Waals surface area contributed by atoms with Gasteiger partial charge < -0.3 is 4.74 Å². The summed E-state index contributed by atoms with van der Waals surface area (Å²) in [5.41, 5.74) is 0.824. The lowest BCUT2D eigenvalue weighted by atomic mass is 10.2. The monoisotopic (exact) mass is 458 g/mol. The van der Waals surface area contributed by atoms with Crippen LogP contribution in [0.15, 0.2) is 83.8 Å². The second kappa shape index (κ2) is 9.63. The lowest BCUT2D eigenvalue weighted by molar-refractivity contribution is -0.384. The summed E-state index contributed by atoms with van der Waals surface area (Å²) in [5.74, 6) is 0.572. The number of benzene rings is 3. The number of anilines is 1. The fraction of sp³-hybridized carbons (Fsp3) is 0.0909. The highest BCUT2D eigenvalue weighted by Gasteiger charge is 2.27. The molecule has 0 aliphatic rings. The van der Waals surface area contributed by atoms with Gasteiger partial charge in [0.05, 0.1) is 29.2 Å². The minimum atomic E-state index is -4.12. The van der Waals surface area contributed by atoms with Crippen LogP contribution in [-0.4, -0.2) is 27.0 Å². The van der Waals surface area contributed by atoms with Gasteiger partial charge >= 0.3 is 0 Å². The predicted octanol–water partition coefficient (Wildman–Crippen LogP) is 5.17. The van der Waals surface area contributed by atoms with E-state index in [9.17, 15) is 18.5 Å². The van der Waals surface area contributed by atoms with Crippen LogP contribution in [0.3, 0.4) is 0 Å². The number of methoxy groups -OCH3 is 1. The Kier molecular flexibility index (Phi) is 6.94. The van der Waals surface area contributed by atoms with E-state index in [1.807, 2.05) is 30.3 Å². The quantitative estimate of drug-likeness (QED) is 0.343. The van der Waals surface area contributed by atoms with Crippen LogP contribution in [-0.2, 0) is 10.0 Å². The third-order valence-corrected chi connectivity index (χ3v) is 6.55. The first-order valence-corrected chi connectivity index (χ1v) is 11.0. The molecular weight excluding hydrogens is 440 g/mol. The fourth-order valence-electron chi connectivity index (χ4n) is 2.86. The standard InChI is InChI=1S/C22H19ClN2O5S/c1-30-19-11-9-18(10-12-19)24(15-5-8-17-6-3-2-4-7-17)31(28,29)20-13-14-21(23)22(16-20)25(26)27/h2-14,16H,15H2,1H3/b8-5+. The molecule has 0 radical (unpaired) electrons. The Labute approximate surface area is 185 Å². The molecule has 0 aromatic heterocycles. The Morgan fingerprint density at radius 1 is 1.06 bits per heavy atom. The Bertz CT molecular complexity index is 1200. The van der Waals surface area contributed by atoms with E-state index in [1.54, 1.807) is 36.4 Å². The first-order valence-electron chi connectivity index (χ1n) is 9.15. The molecule has 7 nitrogen and oxygen atoms in total. The van der Waals surface area contributed by atoms with Gasteiger partial charge in [-0.05, 0) is 42.0 Å². The minimum Gasteiger partial charge on any atom is -0.497 e. The van der Waals surface area contributed by atoms with E-state index < -0.39 is 20.6 Å². The molecule has 0 saturated heterocycles. The highest BCUT2D eigenvalue weighted by molar-refractivity contribution is 7.92. The summed E-state index contributed by atoms with van der Waals surface area (Å²) in [7, 11) is -2.61. The van der Waals surface area contributed by atoms with Crippen molar-refractivity contribution >= 4 is 39.1 Å². The predicted molar refractivity (Wildman–Crippen MR) is 121 cm³/mol. The van der Waals surface area contributed by atoms with Crippen molar-refractivity contribution in [2.75, 3.05) is 18.0 Å². The van der Waals surface area contributed by atoms with Crippen LogP contribution in [0.25, 0.3) is 6.08 Å². The van der Waals surface area contributed by atoms with Crippen LogP contribution in [0.4, 0.5) is 11.4 Å². The van der Waals surface area contributed by atoms with Crippen molar-refractivity contribution in [3.8, 4) is 5.75 Å². The summed E-state index contributed by atoms with van der Waals surface area (Å²) >= 11 is 5.85. The molecule has 0 N–H and O–H groups in total. The average Bonchev–Trinajstić information content (AvgIpc) is 2.77. The van der Waals surface area contributed by atoms with Crippen molar-refractivity contribution in [1.29, 1.82) is 0 Å². The number of halogens is 1. The van der Waals surface area contributed by atoms with Gasteiger partial charge in [-0.1, -0.05) is 54.1 Å². The lowest BCUT2D eigenvalue weighted by Crippen LogP contribution is -2.31. The molecule has 9 heteroatoms. The summed E-state index contributed by atoms with van der Waals surface area (Å²) in [6.45, 7) is 0.0139. The molecule has 0 bridgehead atoms. The van der Waals surface area contributed by atoms with Crippen molar-refractivity contribution in [3.63, 3.8) is 0 Å². The zero-order chi connectivity index (χ0) is 22.4. The molecule has 0 heterocycles. The Balaban J connectivity index is 2.02. The van der Waals surface area contributed by atoms with Gasteiger partial charge in [-0.25, -0.2) is 8.42 Å². The zero-order valence-electron chi connectivity index (χ0n) is 16.5. The number of nitro benzene ring substituents is 1. The summed E-state index contributed by atoms with van der Waals surface area (Å²) < 4.78 is 33.1. The van der Waals surface area contributed by atoms with E-state index in [0.717, 1.165) is 11.6 Å². The van der Waals surface area contributed by atoms with Crippen molar-refractivity contribution in [3.05, 3.63) is 99.6 Å². The normalized spacial score (nSPS) is 11.4. The average molecular weight is 459 g/mol. The van der Waals surface area contributed by atoms with Crippen LogP contribution in [0.2, 0.25) is 5.02 Å². The number of rotatable bonds is 8. The second-order valence-corrected chi connectivity index (χ2v) is 8.69. The van der Waals surface area contributed by atoms with Gasteiger partial charge in [-0.15, -0.1) is 0 Å². The smallest absolute Gasteiger partial charge is 0.289 e. The number of nitrogens with zero attached hydrogens (tertiary/aromatic N) is 2. The Hall–Kier alpha value is -3.36. The third-order valence-electron chi connectivity index (χ3n) is 4.44. The molecule has 0 atom stereocenters. The molecule has 0 aliphatic heterocycles. The Morgan fingerprint density at radius 3 is 2.35 bits per heavy atom. The maximum Gasteiger partial charge on any atom is 0.289 e. The number of hydrogen-bond acceptors (Lipinski definition) is 5. The fourth-order valence-corrected chi connectivity index (χ4v) is 4.48. The number of sulfonamides is 1. The summed E-state index contributed by atoms with van der Waals surface area (Å²) in [6.07, 6.45) is 3.51. The molecule has 0 fully saturated rings. The van der Waals surface area contributed by atoms with Crippen molar-refractivity contribution in [2.24, 2.45) is 0 Å². The highest BCUT2D eigenvalue weighted by atomic mass is 35.5. The van der Waals surface area contributed by atoms with Crippen LogP contribution < -0.4 is 9.04 Å². The van der Waals surface area contributed by atoms with Gasteiger partial charge in [0.15, 0.2) is 0 Å². The summed E-state index contributed by atoms with van der Waals surface area (Å²) in [4.78, 5) is 10.3.